The summed E-state index contributed by atoms with van der Waals surface area (Å²) in [6, 6.07) is 12.1. The van der Waals surface area contributed by atoms with Crippen LogP contribution in [0, 0.1) is 0 Å². The molecule has 0 unspecified atom stereocenters. The van der Waals surface area contributed by atoms with Crippen molar-refractivity contribution in [3.8, 4) is 10.6 Å². The van der Waals surface area contributed by atoms with Crippen LogP contribution in [0.25, 0.3) is 21.5 Å². The average molecular weight is 350 g/mol. The minimum atomic E-state index is -0.701. The molecule has 8 heteroatoms. The highest BCUT2D eigenvalue weighted by atomic mass is 32.1. The van der Waals surface area contributed by atoms with Crippen LogP contribution >= 0.6 is 11.3 Å². The van der Waals surface area contributed by atoms with Crippen molar-refractivity contribution in [3.63, 3.8) is 0 Å². The average Bonchev–Trinajstić information content (AvgIpc) is 3.10. The van der Waals surface area contributed by atoms with Gasteiger partial charge in [0.15, 0.2) is 5.01 Å². The standard InChI is InChI=1S/C17H10N4O3S/c22-14(12-8-10-4-1-2-6-13(10)24-16(12)23)19-17-21-20-15(25-17)11-5-3-7-18-9-11/h1-9H,(H,19,21,22). The van der Waals surface area contributed by atoms with E-state index >= 15 is 0 Å². The van der Waals surface area contributed by atoms with Crippen molar-refractivity contribution in [2.45, 2.75) is 0 Å². The van der Waals surface area contributed by atoms with E-state index < -0.39 is 11.5 Å². The van der Waals surface area contributed by atoms with E-state index in [0.717, 1.165) is 5.56 Å². The van der Waals surface area contributed by atoms with Crippen LogP contribution < -0.4 is 10.9 Å². The lowest BCUT2D eigenvalue weighted by Crippen LogP contribution is -2.20. The van der Waals surface area contributed by atoms with Crippen LogP contribution in [-0.2, 0) is 0 Å². The van der Waals surface area contributed by atoms with Gasteiger partial charge in [-0.15, -0.1) is 10.2 Å². The number of amides is 1. The maximum Gasteiger partial charge on any atom is 0.349 e. The molecule has 0 aliphatic heterocycles. The van der Waals surface area contributed by atoms with Crippen LogP contribution in [0.5, 0.6) is 0 Å². The minimum absolute atomic E-state index is 0.0863. The number of aromatic nitrogens is 3. The van der Waals surface area contributed by atoms with E-state index in [1.807, 2.05) is 6.07 Å². The summed E-state index contributed by atoms with van der Waals surface area (Å²) in [6.45, 7) is 0. The van der Waals surface area contributed by atoms with E-state index in [1.54, 1.807) is 42.7 Å². The molecule has 122 valence electrons. The highest BCUT2D eigenvalue weighted by Gasteiger charge is 2.16. The summed E-state index contributed by atoms with van der Waals surface area (Å²) < 4.78 is 5.17. The molecule has 0 bridgehead atoms. The molecule has 3 aromatic heterocycles. The number of hydrogen-bond acceptors (Lipinski definition) is 7. The molecule has 1 aromatic carbocycles. The molecule has 0 saturated carbocycles. The zero-order valence-electron chi connectivity index (χ0n) is 12.7. The molecule has 7 nitrogen and oxygen atoms in total. The lowest BCUT2D eigenvalue weighted by molar-refractivity contribution is 0.102. The Morgan fingerprint density at radius 2 is 2.00 bits per heavy atom. The maximum absolute atomic E-state index is 12.4. The number of nitrogens with one attached hydrogen (secondary N) is 1. The molecule has 3 heterocycles. The molecular weight excluding hydrogens is 340 g/mol. The fraction of sp³-hybridized carbons (Fsp3) is 0. The number of carbonyl (C=O) groups excluding carboxylic acids is 1. The number of hydrogen-bond donors (Lipinski definition) is 1. The second kappa shape index (κ2) is 6.25. The van der Waals surface area contributed by atoms with Crippen molar-refractivity contribution < 1.29 is 9.21 Å². The second-order valence-corrected chi connectivity index (χ2v) is 6.07. The normalized spacial score (nSPS) is 10.7. The number of rotatable bonds is 3. The number of benzene rings is 1. The monoisotopic (exact) mass is 350 g/mol. The van der Waals surface area contributed by atoms with Crippen LogP contribution in [0.4, 0.5) is 5.13 Å². The highest BCUT2D eigenvalue weighted by Crippen LogP contribution is 2.25. The first-order valence-electron chi connectivity index (χ1n) is 7.29. The van der Waals surface area contributed by atoms with Crippen molar-refractivity contribution in [2.75, 3.05) is 5.32 Å². The SMILES string of the molecule is O=C(Nc1nnc(-c2cccnc2)s1)c1cc2ccccc2oc1=O. The van der Waals surface area contributed by atoms with Crippen molar-refractivity contribution in [1.82, 2.24) is 15.2 Å². The summed E-state index contributed by atoms with van der Waals surface area (Å²) in [5.41, 5.74) is 0.439. The number of carbonyl (C=O) groups is 1. The van der Waals surface area contributed by atoms with Crippen LogP contribution in [-0.4, -0.2) is 21.1 Å². The van der Waals surface area contributed by atoms with Crippen molar-refractivity contribution in [1.29, 1.82) is 0 Å². The van der Waals surface area contributed by atoms with Gasteiger partial charge in [0.25, 0.3) is 5.91 Å². The Hall–Kier alpha value is -3.39. The predicted octanol–water partition coefficient (Wildman–Crippen LogP) is 2.96. The van der Waals surface area contributed by atoms with Gasteiger partial charge in [0, 0.05) is 23.3 Å². The fourth-order valence-electron chi connectivity index (χ4n) is 2.26. The Morgan fingerprint density at radius 1 is 1.12 bits per heavy atom. The molecule has 4 rings (SSSR count). The molecular formula is C17H10N4O3S. The molecule has 1 amide bonds. The van der Waals surface area contributed by atoms with Gasteiger partial charge in [-0.05, 0) is 24.3 Å². The minimum Gasteiger partial charge on any atom is -0.422 e. The van der Waals surface area contributed by atoms with E-state index in [4.69, 9.17) is 4.42 Å². The number of fused-ring (bicyclic) bond motifs is 1. The summed E-state index contributed by atoms with van der Waals surface area (Å²) >= 11 is 1.19. The van der Waals surface area contributed by atoms with Gasteiger partial charge in [-0.2, -0.15) is 0 Å². The molecule has 25 heavy (non-hydrogen) atoms. The number of para-hydroxylation sites is 1. The zero-order chi connectivity index (χ0) is 17.2. The number of anilines is 1. The van der Waals surface area contributed by atoms with Crippen LogP contribution in [0.2, 0.25) is 0 Å². The molecule has 0 fully saturated rings. The molecule has 0 aliphatic carbocycles. The first kappa shape index (κ1) is 15.2. The molecule has 0 spiro atoms. The molecule has 1 N–H and O–H groups in total. The van der Waals surface area contributed by atoms with Gasteiger partial charge >= 0.3 is 5.63 Å². The van der Waals surface area contributed by atoms with Crippen molar-refractivity contribution >= 4 is 33.3 Å². The zero-order valence-corrected chi connectivity index (χ0v) is 13.5. The third kappa shape index (κ3) is 3.02. The van der Waals surface area contributed by atoms with Crippen molar-refractivity contribution in [3.05, 3.63) is 70.8 Å². The molecule has 0 atom stereocenters. The third-order valence-corrected chi connectivity index (χ3v) is 4.33. The van der Waals surface area contributed by atoms with Gasteiger partial charge in [0.1, 0.15) is 11.1 Å². The summed E-state index contributed by atoms with van der Waals surface area (Å²) in [4.78, 5) is 28.4. The largest absolute Gasteiger partial charge is 0.422 e. The Labute approximate surface area is 145 Å². The highest BCUT2D eigenvalue weighted by molar-refractivity contribution is 7.18. The number of pyridine rings is 1. The van der Waals surface area contributed by atoms with Gasteiger partial charge in [-0.3, -0.25) is 15.1 Å². The smallest absolute Gasteiger partial charge is 0.349 e. The third-order valence-electron chi connectivity index (χ3n) is 3.44. The van der Waals surface area contributed by atoms with Crippen LogP contribution in [0.3, 0.4) is 0 Å². The summed E-state index contributed by atoms with van der Waals surface area (Å²) in [7, 11) is 0. The predicted molar refractivity (Wildman–Crippen MR) is 93.6 cm³/mol. The summed E-state index contributed by atoms with van der Waals surface area (Å²) in [5.74, 6) is -0.589. The molecule has 0 saturated heterocycles. The van der Waals surface area contributed by atoms with E-state index in [2.05, 4.69) is 20.5 Å². The van der Waals surface area contributed by atoms with Gasteiger partial charge in [-0.25, -0.2) is 4.79 Å². The van der Waals surface area contributed by atoms with E-state index in [0.29, 0.717) is 16.0 Å². The van der Waals surface area contributed by atoms with Gasteiger partial charge in [0.2, 0.25) is 5.13 Å². The van der Waals surface area contributed by atoms with Crippen molar-refractivity contribution in [2.24, 2.45) is 0 Å². The Balaban J connectivity index is 1.61. The molecule has 4 aromatic rings. The van der Waals surface area contributed by atoms with E-state index in [-0.39, 0.29) is 10.7 Å². The lowest BCUT2D eigenvalue weighted by atomic mass is 10.2. The van der Waals surface area contributed by atoms with Gasteiger partial charge < -0.3 is 4.42 Å². The van der Waals surface area contributed by atoms with E-state index in [9.17, 15) is 9.59 Å². The van der Waals surface area contributed by atoms with E-state index in [1.165, 1.54) is 17.4 Å². The molecule has 0 aliphatic rings. The molecule has 0 radical (unpaired) electrons. The first-order valence-corrected chi connectivity index (χ1v) is 8.10. The first-order chi connectivity index (χ1) is 12.2. The lowest BCUT2D eigenvalue weighted by Gasteiger charge is -2.01. The quantitative estimate of drug-likeness (QED) is 0.571. The van der Waals surface area contributed by atoms with Crippen LogP contribution in [0.15, 0.2) is 64.1 Å². The summed E-state index contributed by atoms with van der Waals surface area (Å²) in [6.07, 6.45) is 3.32. The Kier molecular flexibility index (Phi) is 3.79. The fourth-order valence-corrected chi connectivity index (χ4v) is 2.99. The summed E-state index contributed by atoms with van der Waals surface area (Å²) in [5, 5.41) is 12.1. The van der Waals surface area contributed by atoms with Crippen LogP contribution in [0.1, 0.15) is 10.4 Å². The number of nitrogens with zero attached hydrogens (tertiary/aromatic N) is 3. The second-order valence-electron chi connectivity index (χ2n) is 5.09. The Morgan fingerprint density at radius 3 is 2.84 bits per heavy atom. The topological polar surface area (TPSA) is 98.0 Å². The Bertz CT molecular complexity index is 1120. The van der Waals surface area contributed by atoms with Gasteiger partial charge in [0.05, 0.1) is 0 Å². The van der Waals surface area contributed by atoms with Gasteiger partial charge in [-0.1, -0.05) is 29.5 Å². The maximum atomic E-state index is 12.4.